The van der Waals surface area contributed by atoms with Gasteiger partial charge in [-0.05, 0) is 41.4 Å². The number of hydrogen-bond acceptors (Lipinski definition) is 7. The van der Waals surface area contributed by atoms with Gasteiger partial charge in [0.25, 0.3) is 0 Å². The van der Waals surface area contributed by atoms with Gasteiger partial charge in [-0.1, -0.05) is 42.5 Å². The van der Waals surface area contributed by atoms with Gasteiger partial charge in [0.1, 0.15) is 11.5 Å². The van der Waals surface area contributed by atoms with E-state index in [1.807, 2.05) is 60.7 Å². The summed E-state index contributed by atoms with van der Waals surface area (Å²) >= 11 is 5.87. The largest absolute Gasteiger partial charge is 0.507 e. The van der Waals surface area contributed by atoms with Crippen LogP contribution in [0.3, 0.4) is 0 Å². The number of hydrazone groups is 1. The van der Waals surface area contributed by atoms with Crippen molar-refractivity contribution in [3.63, 3.8) is 0 Å². The molecule has 39 heavy (non-hydrogen) atoms. The molecule has 1 heterocycles. The maximum Gasteiger partial charge on any atom is 0.203 e. The Morgan fingerprint density at radius 2 is 1.64 bits per heavy atom. The Bertz CT molecular complexity index is 1550. The number of fused-ring (bicyclic) bond motifs is 1. The fourth-order valence-electron chi connectivity index (χ4n) is 4.79. The maximum absolute atomic E-state index is 11.2. The van der Waals surface area contributed by atoms with E-state index < -0.39 is 0 Å². The minimum atomic E-state index is -0.233. The molecule has 0 aromatic heterocycles. The molecule has 0 saturated carbocycles. The van der Waals surface area contributed by atoms with Crippen LogP contribution in [0.4, 0.5) is 5.69 Å². The van der Waals surface area contributed by atoms with Gasteiger partial charge in [0.15, 0.2) is 16.6 Å². The van der Waals surface area contributed by atoms with Gasteiger partial charge in [0.2, 0.25) is 5.75 Å². The van der Waals surface area contributed by atoms with E-state index in [0.29, 0.717) is 40.0 Å². The van der Waals surface area contributed by atoms with E-state index in [9.17, 15) is 5.11 Å². The van der Waals surface area contributed by atoms with Crippen molar-refractivity contribution in [3.8, 4) is 28.7 Å². The Morgan fingerprint density at radius 3 is 2.33 bits per heavy atom. The van der Waals surface area contributed by atoms with Crippen LogP contribution in [0.1, 0.15) is 23.6 Å². The highest BCUT2D eigenvalue weighted by Crippen LogP contribution is 2.41. The summed E-state index contributed by atoms with van der Waals surface area (Å²) in [5.74, 6) is 2.41. The van der Waals surface area contributed by atoms with E-state index in [0.717, 1.165) is 27.8 Å². The number of rotatable bonds is 7. The maximum atomic E-state index is 11.2. The second-order valence-corrected chi connectivity index (χ2v) is 9.30. The highest BCUT2D eigenvalue weighted by atomic mass is 32.1. The molecule has 9 heteroatoms. The molecule has 200 valence electrons. The van der Waals surface area contributed by atoms with E-state index in [-0.39, 0.29) is 11.8 Å². The van der Waals surface area contributed by atoms with Crippen LogP contribution in [0.25, 0.3) is 10.8 Å². The average molecular weight is 544 g/mol. The number of ether oxygens (including phenoxy) is 4. The number of hydrogen-bond donors (Lipinski definition) is 2. The van der Waals surface area contributed by atoms with Crippen molar-refractivity contribution < 1.29 is 24.1 Å². The predicted molar refractivity (Wildman–Crippen MR) is 157 cm³/mol. The highest BCUT2D eigenvalue weighted by molar-refractivity contribution is 7.80. The van der Waals surface area contributed by atoms with Crippen LogP contribution < -0.4 is 24.3 Å². The lowest BCUT2D eigenvalue weighted by Gasteiger charge is -2.25. The van der Waals surface area contributed by atoms with E-state index in [1.54, 1.807) is 45.6 Å². The zero-order valence-electron chi connectivity index (χ0n) is 22.1. The molecule has 0 bridgehead atoms. The number of nitrogens with zero attached hydrogens (tertiary/aromatic N) is 2. The Hall–Kier alpha value is -4.50. The molecule has 0 aliphatic carbocycles. The number of methoxy groups -OCH3 is 4. The first-order valence-corrected chi connectivity index (χ1v) is 12.7. The van der Waals surface area contributed by atoms with Gasteiger partial charge in [0, 0.05) is 35.2 Å². The number of nitrogens with one attached hydrogen (secondary N) is 1. The summed E-state index contributed by atoms with van der Waals surface area (Å²) in [5.41, 5.74) is 3.01. The Balaban J connectivity index is 1.54. The van der Waals surface area contributed by atoms with Crippen molar-refractivity contribution in [3.05, 3.63) is 83.9 Å². The standard InChI is InChI=1S/C30H29N3O5S/c1-35-21-10-7-9-19(14-21)25-17-24(23-13-12-18-8-5-6-11-22(18)28(23)34)32-33(25)30(39)31-20-15-26(36-2)29(38-4)27(16-20)37-3/h5-16,25,34H,17H2,1-4H3,(H,31,39). The SMILES string of the molecule is COc1cccc(C2CC(c3ccc4ccccc4c3O)=NN2C(=S)Nc2cc(OC)c(OC)c(OC)c2)c1. The van der Waals surface area contributed by atoms with Crippen molar-refractivity contribution in [1.29, 1.82) is 0 Å². The van der Waals surface area contributed by atoms with Gasteiger partial charge in [-0.15, -0.1) is 0 Å². The van der Waals surface area contributed by atoms with Gasteiger partial charge in [-0.2, -0.15) is 5.10 Å². The Labute approximate surface area is 232 Å². The molecule has 5 rings (SSSR count). The third-order valence-corrected chi connectivity index (χ3v) is 7.01. The topological polar surface area (TPSA) is 84.8 Å². The molecular formula is C30H29N3O5S. The zero-order valence-corrected chi connectivity index (χ0v) is 22.9. The smallest absolute Gasteiger partial charge is 0.203 e. The lowest BCUT2D eigenvalue weighted by Crippen LogP contribution is -2.31. The molecule has 2 N–H and O–H groups in total. The lowest BCUT2D eigenvalue weighted by molar-refractivity contribution is 0.324. The second-order valence-electron chi connectivity index (χ2n) is 8.91. The van der Waals surface area contributed by atoms with Crippen LogP contribution in [-0.4, -0.2) is 49.4 Å². The Kier molecular flexibility index (Phi) is 7.42. The summed E-state index contributed by atoms with van der Waals surface area (Å²) in [7, 11) is 6.31. The second kappa shape index (κ2) is 11.1. The highest BCUT2D eigenvalue weighted by Gasteiger charge is 2.33. The molecular weight excluding hydrogens is 514 g/mol. The monoisotopic (exact) mass is 543 g/mol. The number of aromatic hydroxyl groups is 1. The van der Waals surface area contributed by atoms with E-state index in [4.69, 9.17) is 36.3 Å². The molecule has 0 saturated heterocycles. The fraction of sp³-hybridized carbons (Fsp3) is 0.200. The van der Waals surface area contributed by atoms with Crippen molar-refractivity contribution in [2.75, 3.05) is 33.8 Å². The first-order chi connectivity index (χ1) is 19.0. The molecule has 1 aliphatic heterocycles. The molecule has 1 unspecified atom stereocenters. The third-order valence-electron chi connectivity index (χ3n) is 6.72. The summed E-state index contributed by atoms with van der Waals surface area (Å²) in [4.78, 5) is 0. The first kappa shape index (κ1) is 26.1. The fourth-order valence-corrected chi connectivity index (χ4v) is 5.08. The Morgan fingerprint density at radius 1 is 0.897 bits per heavy atom. The molecule has 0 fully saturated rings. The van der Waals surface area contributed by atoms with Crippen LogP contribution in [-0.2, 0) is 0 Å². The first-order valence-electron chi connectivity index (χ1n) is 12.3. The van der Waals surface area contributed by atoms with Gasteiger partial charge in [0.05, 0.1) is 40.2 Å². The number of phenolic OH excluding ortho intramolecular Hbond substituents is 1. The van der Waals surface area contributed by atoms with E-state index in [2.05, 4.69) is 5.32 Å². The van der Waals surface area contributed by atoms with Crippen LogP contribution in [0.2, 0.25) is 0 Å². The van der Waals surface area contributed by atoms with Gasteiger partial charge < -0.3 is 29.4 Å². The van der Waals surface area contributed by atoms with Gasteiger partial charge in [-0.25, -0.2) is 5.01 Å². The molecule has 1 atom stereocenters. The normalized spacial score (nSPS) is 14.6. The number of benzene rings is 4. The lowest BCUT2D eigenvalue weighted by atomic mass is 9.96. The number of phenols is 1. The summed E-state index contributed by atoms with van der Waals surface area (Å²) in [6, 6.07) is 22.8. The third kappa shape index (κ3) is 5.00. The molecule has 4 aromatic rings. The molecule has 0 radical (unpaired) electrons. The molecule has 0 amide bonds. The van der Waals surface area contributed by atoms with Crippen LogP contribution in [0.15, 0.2) is 77.9 Å². The van der Waals surface area contributed by atoms with Crippen LogP contribution in [0, 0.1) is 0 Å². The number of anilines is 1. The number of thiocarbonyl (C=S) groups is 1. The summed E-state index contributed by atoms with van der Waals surface area (Å²) in [6.45, 7) is 0. The predicted octanol–water partition coefficient (Wildman–Crippen LogP) is 6.13. The minimum absolute atomic E-state index is 0.196. The molecule has 1 aliphatic rings. The van der Waals surface area contributed by atoms with E-state index in [1.165, 1.54) is 0 Å². The molecule has 8 nitrogen and oxygen atoms in total. The quantitative estimate of drug-likeness (QED) is 0.270. The van der Waals surface area contributed by atoms with Crippen molar-refractivity contribution in [2.45, 2.75) is 12.5 Å². The van der Waals surface area contributed by atoms with Crippen molar-refractivity contribution in [1.82, 2.24) is 5.01 Å². The van der Waals surface area contributed by atoms with E-state index >= 15 is 0 Å². The van der Waals surface area contributed by atoms with Crippen LogP contribution in [0.5, 0.6) is 28.7 Å². The minimum Gasteiger partial charge on any atom is -0.507 e. The molecule has 0 spiro atoms. The average Bonchev–Trinajstić information content (AvgIpc) is 3.42. The van der Waals surface area contributed by atoms with Crippen molar-refractivity contribution in [2.24, 2.45) is 5.10 Å². The summed E-state index contributed by atoms with van der Waals surface area (Å²) in [6.07, 6.45) is 0.524. The van der Waals surface area contributed by atoms with Crippen molar-refractivity contribution >= 4 is 39.5 Å². The van der Waals surface area contributed by atoms with Gasteiger partial charge in [-0.3, -0.25) is 0 Å². The van der Waals surface area contributed by atoms with Gasteiger partial charge >= 0.3 is 0 Å². The molecule has 4 aromatic carbocycles. The van der Waals surface area contributed by atoms with Crippen LogP contribution >= 0.6 is 12.2 Å². The summed E-state index contributed by atoms with van der Waals surface area (Å²) < 4.78 is 21.9. The summed E-state index contributed by atoms with van der Waals surface area (Å²) in [5, 5.41) is 23.2. The zero-order chi connectivity index (χ0) is 27.5.